The Hall–Kier alpha value is -8.23. The Kier molecular flexibility index (Phi) is 14.0. The summed E-state index contributed by atoms with van der Waals surface area (Å²) in [4.78, 5) is 3.29. The zero-order chi connectivity index (χ0) is 49.2. The van der Waals surface area contributed by atoms with Gasteiger partial charge in [-0.15, -0.1) is 0 Å². The highest BCUT2D eigenvalue weighted by molar-refractivity contribution is 6.42. The number of allylic oxidation sites excluding steroid dienone is 15. The van der Waals surface area contributed by atoms with Crippen LogP contribution in [0, 0.1) is 5.92 Å². The third kappa shape index (κ3) is 8.94. The van der Waals surface area contributed by atoms with Crippen LogP contribution in [-0.2, 0) is 0 Å². The molecule has 3 atom stereocenters. The Morgan fingerprint density at radius 2 is 1.58 bits per heavy atom. The molecule has 16 heteroatoms. The van der Waals surface area contributed by atoms with Gasteiger partial charge >= 0.3 is 0 Å². The normalized spacial score (nSPS) is 21.3. The lowest BCUT2D eigenvalue weighted by Gasteiger charge is -2.42. The number of hydrogen-bond donors (Lipinski definition) is 12. The average molecular weight is 902 g/mol. The van der Waals surface area contributed by atoms with Gasteiger partial charge < -0.3 is 71.3 Å². The fourth-order valence-electron chi connectivity index (χ4n) is 8.01. The summed E-state index contributed by atoms with van der Waals surface area (Å²) in [6.07, 6.45) is 18.6. The van der Waals surface area contributed by atoms with Crippen LogP contribution >= 0.6 is 0 Å². The minimum Gasteiger partial charge on any atom is -0.513 e. The number of benzene rings is 2. The maximum Gasteiger partial charge on any atom is 0.203 e. The number of nitrogens with one attached hydrogen (secondary N) is 1. The molecule has 2 aliphatic carbocycles. The minimum atomic E-state index is -2.09. The van der Waals surface area contributed by atoms with Crippen molar-refractivity contribution in [1.29, 1.82) is 0 Å². The number of aliphatic hydroxyl groups is 9. The van der Waals surface area contributed by atoms with Crippen LogP contribution in [0.2, 0.25) is 0 Å². The van der Waals surface area contributed by atoms with Gasteiger partial charge in [0.1, 0.15) is 56.2 Å². The lowest BCUT2D eigenvalue weighted by molar-refractivity contribution is 0.0999. The molecule has 2 aromatic carbocycles. The molecule has 3 unspecified atom stereocenters. The van der Waals surface area contributed by atoms with Crippen LogP contribution in [0.3, 0.4) is 0 Å². The molecular weight excluding hydrogens is 852 g/mol. The second kappa shape index (κ2) is 19.5. The van der Waals surface area contributed by atoms with Gasteiger partial charge in [-0.25, -0.2) is 0 Å². The van der Waals surface area contributed by atoms with Crippen molar-refractivity contribution in [2.75, 3.05) is 15.1 Å². The first-order valence-electron chi connectivity index (χ1n) is 20.7. The molecule has 340 valence electrons. The van der Waals surface area contributed by atoms with Gasteiger partial charge in [0.2, 0.25) is 11.5 Å². The van der Waals surface area contributed by atoms with Gasteiger partial charge in [0.05, 0.1) is 23.4 Å². The Labute approximate surface area is 390 Å². The van der Waals surface area contributed by atoms with Crippen molar-refractivity contribution in [3.63, 3.8) is 0 Å². The van der Waals surface area contributed by atoms with Crippen LogP contribution in [0.25, 0.3) is 11.1 Å². The van der Waals surface area contributed by atoms with Crippen molar-refractivity contribution in [2.24, 2.45) is 5.92 Å². The van der Waals surface area contributed by atoms with E-state index in [1.54, 1.807) is 12.2 Å². The van der Waals surface area contributed by atoms with Crippen molar-refractivity contribution in [2.45, 2.75) is 39.3 Å². The number of hydrogen-bond acceptors (Lipinski definition) is 14. The van der Waals surface area contributed by atoms with E-state index in [1.165, 1.54) is 23.8 Å². The van der Waals surface area contributed by atoms with E-state index in [2.05, 4.69) is 55.1 Å². The topological polar surface area (TPSA) is 241 Å². The molecule has 0 fully saturated rings. The van der Waals surface area contributed by atoms with Crippen LogP contribution < -0.4 is 20.6 Å². The molecule has 0 saturated heterocycles. The smallest absolute Gasteiger partial charge is 0.203 e. The molecule has 14 nitrogen and oxygen atoms in total. The third-order valence-electron chi connectivity index (χ3n) is 11.4. The van der Waals surface area contributed by atoms with Gasteiger partial charge in [0.15, 0.2) is 23.0 Å². The van der Waals surface area contributed by atoms with Crippen molar-refractivity contribution in [3.05, 3.63) is 214 Å². The number of rotatable bonds is 12. The van der Waals surface area contributed by atoms with Gasteiger partial charge in [-0.05, 0) is 74.4 Å². The molecule has 2 aromatic rings. The van der Waals surface area contributed by atoms with E-state index in [-0.39, 0.29) is 63.1 Å². The molecule has 0 amide bonds. The summed E-state index contributed by atoms with van der Waals surface area (Å²) in [7, 11) is 13.0. The first-order valence-corrected chi connectivity index (χ1v) is 20.7. The SMILES string of the molecule is [B]C1=C(O)CC=C(O)C=C1c1c([B])c2c(c(O)c1O)N(/C(C=C)=C/C=C/C(C)=C/C=C\C(=C)N1c3ccccc3/C(=C/C=C\C)C1C)C1=C(O)C(O)C(/C=C(O)/C(O)=C(/O)C(=C)O)C(O)=C1N2. The van der Waals surface area contributed by atoms with Gasteiger partial charge in [0, 0.05) is 34.6 Å². The standard InChI is InChI=1S/C51H49B2N3O11/c1-7-9-18-31-27(5)55(35-20-11-10-19-32(31)35)26(4)16-12-14-25(3)15-13-17-29(8-2)56-43-41(40(53)38(49(65)51(43)67)33-23-30(58)21-22-36(59)39(33)52)54-42-44(56)50(66)47(63)34(46(42)62)24-37(60)48(64)45(61)28(6)57/h7-21,23-24,27,34,47,54,57-67H,2,4,6,22H2,1,3,5H3/b9-7-,15-13+,16-12-,25-14+,29-17+,31-18+,37-24-,48-45-. The van der Waals surface area contributed by atoms with Crippen molar-refractivity contribution < 1.29 is 56.2 Å². The molecule has 67 heavy (non-hydrogen) atoms. The Bertz CT molecular complexity index is 2900. The van der Waals surface area contributed by atoms with E-state index in [1.807, 2.05) is 56.4 Å². The number of anilines is 3. The Balaban J connectivity index is 1.45. The lowest BCUT2D eigenvalue weighted by atomic mass is 9.75. The van der Waals surface area contributed by atoms with E-state index < -0.39 is 69.5 Å². The number of nitrogens with zero attached hydrogens (tertiary/aromatic N) is 2. The predicted molar refractivity (Wildman–Crippen MR) is 264 cm³/mol. The van der Waals surface area contributed by atoms with E-state index in [9.17, 15) is 56.2 Å². The molecule has 0 saturated carbocycles. The quantitative estimate of drug-likeness (QED) is 0.0313. The van der Waals surface area contributed by atoms with Crippen LogP contribution in [0.5, 0.6) is 11.5 Å². The summed E-state index contributed by atoms with van der Waals surface area (Å²) in [5.74, 6) is -10.6. The summed E-state index contributed by atoms with van der Waals surface area (Å²) in [5, 5.41) is 123. The lowest BCUT2D eigenvalue weighted by Crippen LogP contribution is -2.41. The molecule has 12 N–H and O–H groups in total. The van der Waals surface area contributed by atoms with E-state index in [4.69, 9.17) is 15.7 Å². The Morgan fingerprint density at radius 3 is 2.25 bits per heavy atom. The maximum absolute atomic E-state index is 11.9. The number of aromatic hydroxyl groups is 2. The van der Waals surface area contributed by atoms with E-state index in [0.29, 0.717) is 6.08 Å². The van der Waals surface area contributed by atoms with Crippen molar-refractivity contribution in [3.8, 4) is 11.5 Å². The molecule has 0 spiro atoms. The zero-order valence-electron chi connectivity index (χ0n) is 36.8. The summed E-state index contributed by atoms with van der Waals surface area (Å²) in [5.41, 5.74) is 2.36. The second-order valence-electron chi connectivity index (χ2n) is 15.7. The summed E-state index contributed by atoms with van der Waals surface area (Å²) < 4.78 is 0. The van der Waals surface area contributed by atoms with Crippen LogP contribution in [-0.4, -0.2) is 84.0 Å². The summed E-state index contributed by atoms with van der Waals surface area (Å²) in [6, 6.07) is 8.15. The van der Waals surface area contributed by atoms with Crippen molar-refractivity contribution >= 4 is 49.4 Å². The van der Waals surface area contributed by atoms with Gasteiger partial charge in [0.25, 0.3) is 0 Å². The molecule has 2 aliphatic heterocycles. The first-order chi connectivity index (χ1) is 31.8. The largest absolute Gasteiger partial charge is 0.513 e. The fourth-order valence-corrected chi connectivity index (χ4v) is 8.01. The number of phenols is 2. The van der Waals surface area contributed by atoms with Crippen LogP contribution in [0.15, 0.2) is 203 Å². The first kappa shape index (κ1) is 48.2. The molecule has 2 heterocycles. The predicted octanol–water partition coefficient (Wildman–Crippen LogP) is 9.17. The summed E-state index contributed by atoms with van der Waals surface area (Å²) >= 11 is 0. The molecule has 4 radical (unpaired) electrons. The zero-order valence-corrected chi connectivity index (χ0v) is 36.8. The minimum absolute atomic E-state index is 0.0313. The monoisotopic (exact) mass is 901 g/mol. The Morgan fingerprint density at radius 1 is 0.896 bits per heavy atom. The maximum atomic E-state index is 11.9. The highest BCUT2D eigenvalue weighted by Gasteiger charge is 2.45. The molecular formula is C51H49B2N3O11. The fraction of sp³-hybridized carbons (Fsp3) is 0.137. The highest BCUT2D eigenvalue weighted by atomic mass is 16.4. The van der Waals surface area contributed by atoms with Crippen LogP contribution in [0.1, 0.15) is 38.3 Å². The molecule has 6 rings (SSSR count). The van der Waals surface area contributed by atoms with Crippen molar-refractivity contribution in [1.82, 2.24) is 0 Å². The number of fused-ring (bicyclic) bond motifs is 3. The second-order valence-corrected chi connectivity index (χ2v) is 15.7. The molecule has 4 aliphatic rings. The number of para-hydroxylation sites is 1. The van der Waals surface area contributed by atoms with Gasteiger partial charge in [-0.3, -0.25) is 0 Å². The van der Waals surface area contributed by atoms with Gasteiger partial charge in [-0.1, -0.05) is 97.0 Å². The highest BCUT2D eigenvalue weighted by Crippen LogP contribution is 2.54. The average Bonchev–Trinajstić information content (AvgIpc) is 3.52. The van der Waals surface area contributed by atoms with Gasteiger partial charge in [-0.2, -0.15) is 0 Å². The van der Waals surface area contributed by atoms with E-state index in [0.717, 1.165) is 33.5 Å². The van der Waals surface area contributed by atoms with E-state index >= 15 is 0 Å². The summed E-state index contributed by atoms with van der Waals surface area (Å²) in [6.45, 7) is 17.2. The van der Waals surface area contributed by atoms with Crippen LogP contribution in [0.4, 0.5) is 17.1 Å². The third-order valence-corrected chi connectivity index (χ3v) is 11.4. The molecule has 0 bridgehead atoms. The molecule has 0 aromatic heterocycles. The number of aliphatic hydroxyl groups excluding tert-OH is 9. The number of phenolic OH excluding ortho intramolecular Hbond substituents is 2.